The topological polar surface area (TPSA) is 74.6 Å². The number of unbranched alkanes of at least 4 members (excludes halogenated alkanes) is 4. The largest absolute Gasteiger partial charge is 1.00 e. The Balaban J connectivity index is 0. The first-order valence-corrected chi connectivity index (χ1v) is 4.56. The van der Waals surface area contributed by atoms with Gasteiger partial charge < -0.3 is 10.2 Å². The molecule has 0 rings (SSSR count). The summed E-state index contributed by atoms with van der Waals surface area (Å²) < 4.78 is 0. The zero-order valence-corrected chi connectivity index (χ0v) is 11.8. The fourth-order valence-corrected chi connectivity index (χ4v) is 1.08. The second-order valence-electron chi connectivity index (χ2n) is 3.06. The molecule has 0 aromatic rings. The average molecular weight is 227 g/mol. The molecule has 0 fully saturated rings. The van der Waals surface area contributed by atoms with Crippen molar-refractivity contribution in [2.75, 3.05) is 0 Å². The van der Waals surface area contributed by atoms with Gasteiger partial charge in [0.1, 0.15) is 0 Å². The minimum absolute atomic E-state index is 0. The van der Waals surface area contributed by atoms with Gasteiger partial charge >= 0.3 is 63.3 Å². The zero-order valence-electron chi connectivity index (χ0n) is 8.66. The van der Waals surface area contributed by atoms with E-state index in [1.54, 1.807) is 0 Å². The molecule has 2 N–H and O–H groups in total. The van der Waals surface area contributed by atoms with Crippen LogP contribution in [-0.2, 0) is 9.59 Å². The molecule has 76 valence electrons. The molecule has 0 atom stereocenters. The predicted molar refractivity (Wildman–Crippen MR) is 47.6 cm³/mol. The molecule has 5 heteroatoms. The van der Waals surface area contributed by atoms with Gasteiger partial charge in [0.25, 0.3) is 0 Å². The van der Waals surface area contributed by atoms with Crippen molar-refractivity contribution in [2.45, 2.75) is 44.9 Å². The zero-order chi connectivity index (χ0) is 10.1. The second kappa shape index (κ2) is 11.7. The third kappa shape index (κ3) is 15.1. The van der Waals surface area contributed by atoms with E-state index in [0.29, 0.717) is 12.8 Å². The van der Waals surface area contributed by atoms with Crippen LogP contribution in [0, 0.1) is 0 Å². The Morgan fingerprint density at radius 2 is 1.00 bits per heavy atom. The van der Waals surface area contributed by atoms with Gasteiger partial charge in [0, 0.05) is 12.8 Å². The van der Waals surface area contributed by atoms with Crippen LogP contribution in [0.1, 0.15) is 44.9 Å². The van der Waals surface area contributed by atoms with Gasteiger partial charge in [-0.2, -0.15) is 0 Å². The van der Waals surface area contributed by atoms with Crippen molar-refractivity contribution >= 4 is 11.9 Å². The molecule has 0 saturated carbocycles. The molecule has 0 amide bonds. The van der Waals surface area contributed by atoms with E-state index in [-0.39, 0.29) is 64.2 Å². The number of hydrogen-bond donors (Lipinski definition) is 2. The van der Waals surface area contributed by atoms with Crippen molar-refractivity contribution in [3.8, 4) is 0 Å². The Hall–Kier alpha value is 0.576. The SMILES string of the molecule is O=C(O)CCCCCCCC(=O)O.[K+]. The number of carboxylic acid groups (broad SMARTS) is 2. The van der Waals surface area contributed by atoms with E-state index in [1.165, 1.54) is 0 Å². The van der Waals surface area contributed by atoms with Crippen molar-refractivity contribution in [1.82, 2.24) is 0 Å². The maximum atomic E-state index is 10.1. The molecule has 0 aliphatic rings. The van der Waals surface area contributed by atoms with Crippen molar-refractivity contribution in [2.24, 2.45) is 0 Å². The molecule has 0 aromatic heterocycles. The van der Waals surface area contributed by atoms with Gasteiger partial charge in [-0.25, -0.2) is 0 Å². The minimum atomic E-state index is -0.759. The minimum Gasteiger partial charge on any atom is -0.481 e. The van der Waals surface area contributed by atoms with Gasteiger partial charge in [-0.05, 0) is 12.8 Å². The predicted octanol–water partition coefficient (Wildman–Crippen LogP) is -1.11. The molecular formula is C9H16KO4+. The molecule has 0 bridgehead atoms. The van der Waals surface area contributed by atoms with Crippen molar-refractivity contribution in [3.63, 3.8) is 0 Å². The summed E-state index contributed by atoms with van der Waals surface area (Å²) in [6.45, 7) is 0. The first kappa shape index (κ1) is 17.0. The maximum absolute atomic E-state index is 10.1. The number of rotatable bonds is 8. The molecule has 0 spiro atoms. The average Bonchev–Trinajstić information content (AvgIpc) is 2.01. The number of carbonyl (C=O) groups is 2. The van der Waals surface area contributed by atoms with Crippen molar-refractivity contribution < 1.29 is 71.2 Å². The van der Waals surface area contributed by atoms with E-state index >= 15 is 0 Å². The number of aliphatic carboxylic acids is 2. The summed E-state index contributed by atoms with van der Waals surface area (Å²) in [7, 11) is 0. The van der Waals surface area contributed by atoms with Crippen LogP contribution in [0.2, 0.25) is 0 Å². The number of carboxylic acids is 2. The summed E-state index contributed by atoms with van der Waals surface area (Å²) in [5.74, 6) is -1.52. The monoisotopic (exact) mass is 227 g/mol. The second-order valence-corrected chi connectivity index (χ2v) is 3.06. The van der Waals surface area contributed by atoms with E-state index in [4.69, 9.17) is 10.2 Å². The van der Waals surface area contributed by atoms with Crippen LogP contribution < -0.4 is 51.4 Å². The fourth-order valence-electron chi connectivity index (χ4n) is 1.08. The number of hydrogen-bond acceptors (Lipinski definition) is 2. The normalized spacial score (nSPS) is 9.14. The Labute approximate surface area is 126 Å². The van der Waals surface area contributed by atoms with Crippen molar-refractivity contribution in [3.05, 3.63) is 0 Å². The summed E-state index contributed by atoms with van der Waals surface area (Å²) >= 11 is 0. The van der Waals surface area contributed by atoms with Crippen LogP contribution >= 0.6 is 0 Å². The van der Waals surface area contributed by atoms with Gasteiger partial charge in [-0.3, -0.25) is 9.59 Å². The molecule has 0 radical (unpaired) electrons. The van der Waals surface area contributed by atoms with E-state index in [0.717, 1.165) is 19.3 Å². The van der Waals surface area contributed by atoms with Crippen LogP contribution in [0.15, 0.2) is 0 Å². The molecule has 0 aromatic carbocycles. The maximum Gasteiger partial charge on any atom is 1.00 e. The van der Waals surface area contributed by atoms with E-state index in [2.05, 4.69) is 0 Å². The quantitative estimate of drug-likeness (QED) is 0.407. The van der Waals surface area contributed by atoms with Crippen LogP contribution in [0.3, 0.4) is 0 Å². The Kier molecular flexibility index (Phi) is 14.1. The molecule has 0 aliphatic heterocycles. The van der Waals surface area contributed by atoms with Gasteiger partial charge in [0.05, 0.1) is 0 Å². The standard InChI is InChI=1S/C9H16O4.K/c10-8(11)6-4-2-1-3-5-7-9(12)13;/h1-7H2,(H,10,11)(H,12,13);/q;+1. The third-order valence-corrected chi connectivity index (χ3v) is 1.78. The Morgan fingerprint density at radius 3 is 1.29 bits per heavy atom. The first-order chi connectivity index (χ1) is 6.13. The smallest absolute Gasteiger partial charge is 0.481 e. The summed E-state index contributed by atoms with van der Waals surface area (Å²) in [5, 5.41) is 16.6. The van der Waals surface area contributed by atoms with Crippen LogP contribution in [-0.4, -0.2) is 22.2 Å². The van der Waals surface area contributed by atoms with Gasteiger partial charge in [0.15, 0.2) is 0 Å². The van der Waals surface area contributed by atoms with Gasteiger partial charge in [-0.15, -0.1) is 0 Å². The van der Waals surface area contributed by atoms with E-state index in [1.807, 2.05) is 0 Å². The molecule has 0 heterocycles. The fraction of sp³-hybridized carbons (Fsp3) is 0.778. The molecular weight excluding hydrogens is 211 g/mol. The third-order valence-electron chi connectivity index (χ3n) is 1.78. The summed E-state index contributed by atoms with van der Waals surface area (Å²) in [5.41, 5.74) is 0. The summed E-state index contributed by atoms with van der Waals surface area (Å²) in [4.78, 5) is 20.2. The van der Waals surface area contributed by atoms with Crippen LogP contribution in [0.5, 0.6) is 0 Å². The van der Waals surface area contributed by atoms with Crippen LogP contribution in [0.4, 0.5) is 0 Å². The molecule has 0 saturated heterocycles. The van der Waals surface area contributed by atoms with Gasteiger partial charge in [-0.1, -0.05) is 19.3 Å². The molecule has 0 unspecified atom stereocenters. The van der Waals surface area contributed by atoms with Crippen molar-refractivity contribution in [1.29, 1.82) is 0 Å². The summed E-state index contributed by atoms with van der Waals surface area (Å²) in [6, 6.07) is 0. The summed E-state index contributed by atoms with van der Waals surface area (Å²) in [6.07, 6.45) is 4.53. The molecule has 14 heavy (non-hydrogen) atoms. The Morgan fingerprint density at radius 1 is 0.714 bits per heavy atom. The molecule has 4 nitrogen and oxygen atoms in total. The first-order valence-electron chi connectivity index (χ1n) is 4.56. The van der Waals surface area contributed by atoms with E-state index in [9.17, 15) is 9.59 Å². The molecule has 0 aliphatic carbocycles. The van der Waals surface area contributed by atoms with Gasteiger partial charge in [0.2, 0.25) is 0 Å². The van der Waals surface area contributed by atoms with E-state index < -0.39 is 11.9 Å². The van der Waals surface area contributed by atoms with Crippen LogP contribution in [0.25, 0.3) is 0 Å². The Bertz CT molecular complexity index is 152.